The third-order valence-corrected chi connectivity index (χ3v) is 4.60. The number of benzene rings is 1. The number of amides is 2. The van der Waals surface area contributed by atoms with Gasteiger partial charge in [0.25, 0.3) is 5.91 Å². The van der Waals surface area contributed by atoms with Crippen molar-refractivity contribution in [1.82, 2.24) is 10.2 Å². The molecule has 1 saturated heterocycles. The molecule has 8 heteroatoms. The second kappa shape index (κ2) is 11.4. The fourth-order valence-corrected chi connectivity index (χ4v) is 3.18. The molecule has 1 aromatic rings. The molecule has 1 aliphatic heterocycles. The topological polar surface area (TPSA) is 87.7 Å². The largest absolute Gasteiger partial charge is 0.466 e. The van der Waals surface area contributed by atoms with Gasteiger partial charge in [-0.15, -0.1) is 0 Å². The van der Waals surface area contributed by atoms with Crippen molar-refractivity contribution >= 4 is 40.8 Å². The normalized spacial score (nSPS) is 14.0. The molecule has 0 unspecified atom stereocenters. The van der Waals surface area contributed by atoms with Crippen LogP contribution in [0, 0.1) is 0 Å². The van der Waals surface area contributed by atoms with E-state index in [4.69, 9.17) is 17.0 Å². The third-order valence-electron chi connectivity index (χ3n) is 4.40. The Kier molecular flexibility index (Phi) is 8.87. The van der Waals surface area contributed by atoms with E-state index in [9.17, 15) is 14.4 Å². The van der Waals surface area contributed by atoms with Gasteiger partial charge in [0.2, 0.25) is 5.91 Å². The monoisotopic (exact) mass is 405 g/mol. The van der Waals surface area contributed by atoms with Crippen LogP contribution in [0.15, 0.2) is 24.3 Å². The van der Waals surface area contributed by atoms with E-state index in [-0.39, 0.29) is 36.4 Å². The Morgan fingerprint density at radius 3 is 2.29 bits per heavy atom. The molecule has 2 rings (SSSR count). The lowest BCUT2D eigenvalue weighted by Crippen LogP contribution is -2.34. The number of carbonyl (C=O) groups excluding carboxylic acids is 3. The Morgan fingerprint density at radius 2 is 1.68 bits per heavy atom. The first-order chi connectivity index (χ1) is 13.5. The van der Waals surface area contributed by atoms with Crippen LogP contribution in [0.1, 0.15) is 55.8 Å². The maximum absolute atomic E-state index is 12.6. The van der Waals surface area contributed by atoms with E-state index in [0.29, 0.717) is 11.3 Å². The molecule has 0 atom stereocenters. The predicted molar refractivity (Wildman–Crippen MR) is 111 cm³/mol. The van der Waals surface area contributed by atoms with Gasteiger partial charge in [0.1, 0.15) is 0 Å². The number of thiocarbonyl (C=S) groups is 1. The number of hydrogen-bond donors (Lipinski definition) is 2. The number of rotatable bonds is 6. The maximum atomic E-state index is 12.6. The highest BCUT2D eigenvalue weighted by atomic mass is 32.1. The molecule has 7 nitrogen and oxygen atoms in total. The van der Waals surface area contributed by atoms with Crippen molar-refractivity contribution in [2.75, 3.05) is 25.0 Å². The fraction of sp³-hybridized carbons (Fsp3) is 0.500. The smallest absolute Gasteiger partial charge is 0.306 e. The number of esters is 1. The molecule has 0 aliphatic carbocycles. The lowest BCUT2D eigenvalue weighted by atomic mass is 10.1. The van der Waals surface area contributed by atoms with E-state index in [0.717, 1.165) is 25.9 Å². The summed E-state index contributed by atoms with van der Waals surface area (Å²) in [6.45, 7) is 3.61. The number of ether oxygens (including phenoxy) is 1. The van der Waals surface area contributed by atoms with Crippen LogP contribution < -0.4 is 10.6 Å². The Balaban J connectivity index is 1.81. The van der Waals surface area contributed by atoms with Crippen molar-refractivity contribution in [2.24, 2.45) is 0 Å². The molecule has 0 bridgehead atoms. The van der Waals surface area contributed by atoms with Crippen molar-refractivity contribution in [3.63, 3.8) is 0 Å². The summed E-state index contributed by atoms with van der Waals surface area (Å²) in [5.41, 5.74) is 1.31. The molecule has 2 N–H and O–H groups in total. The van der Waals surface area contributed by atoms with Crippen LogP contribution in [-0.4, -0.2) is 47.5 Å². The zero-order chi connectivity index (χ0) is 20.4. The van der Waals surface area contributed by atoms with Crippen molar-refractivity contribution in [2.45, 2.75) is 45.4 Å². The molecule has 1 heterocycles. The molecule has 0 aromatic heterocycles. The summed E-state index contributed by atoms with van der Waals surface area (Å²) in [5.74, 6) is -0.733. The van der Waals surface area contributed by atoms with Crippen molar-refractivity contribution < 1.29 is 19.1 Å². The quantitative estimate of drug-likeness (QED) is 0.559. The van der Waals surface area contributed by atoms with Gasteiger partial charge >= 0.3 is 5.97 Å². The molecule has 2 amide bonds. The maximum Gasteiger partial charge on any atom is 0.306 e. The summed E-state index contributed by atoms with van der Waals surface area (Å²) in [7, 11) is 0. The first kappa shape index (κ1) is 21.8. The Hall–Kier alpha value is -2.48. The summed E-state index contributed by atoms with van der Waals surface area (Å²) >= 11 is 5.11. The molecule has 0 spiro atoms. The highest BCUT2D eigenvalue weighted by Gasteiger charge is 2.17. The van der Waals surface area contributed by atoms with E-state index in [1.807, 2.05) is 4.90 Å². The number of likely N-dealkylation sites (tertiary alicyclic amines) is 1. The van der Waals surface area contributed by atoms with Crippen LogP contribution in [-0.2, 0) is 14.3 Å². The van der Waals surface area contributed by atoms with Gasteiger partial charge in [0.15, 0.2) is 5.11 Å². The van der Waals surface area contributed by atoms with Gasteiger partial charge in [-0.25, -0.2) is 0 Å². The number of anilines is 1. The number of nitrogens with zero attached hydrogens (tertiary/aromatic N) is 1. The lowest BCUT2D eigenvalue weighted by Gasteiger charge is -2.20. The first-order valence-electron chi connectivity index (χ1n) is 9.65. The Labute approximate surface area is 170 Å². The average molecular weight is 406 g/mol. The summed E-state index contributed by atoms with van der Waals surface area (Å²) < 4.78 is 4.78. The standard InChI is InChI=1S/C20H27N3O4S/c1-2-27-18(25)12-11-17(24)22-20(28)21-16-9-7-15(8-10-16)19(26)23-13-5-3-4-6-14-23/h7-10H,2-6,11-14H2,1H3,(H2,21,22,24,28). The lowest BCUT2D eigenvalue weighted by molar-refractivity contribution is -0.144. The molecule has 28 heavy (non-hydrogen) atoms. The molecular weight excluding hydrogens is 378 g/mol. The molecule has 1 aliphatic rings. The predicted octanol–water partition coefficient (Wildman–Crippen LogP) is 2.86. The van der Waals surface area contributed by atoms with Crippen molar-refractivity contribution in [1.29, 1.82) is 0 Å². The highest BCUT2D eigenvalue weighted by Crippen LogP contribution is 2.15. The summed E-state index contributed by atoms with van der Waals surface area (Å²) in [6.07, 6.45) is 4.47. The van der Waals surface area contributed by atoms with Gasteiger partial charge < -0.3 is 20.3 Å². The van der Waals surface area contributed by atoms with Gasteiger partial charge in [-0.3, -0.25) is 14.4 Å². The van der Waals surface area contributed by atoms with Crippen LogP contribution in [0.25, 0.3) is 0 Å². The minimum absolute atomic E-state index is 0.00390. The zero-order valence-corrected chi connectivity index (χ0v) is 17.0. The van der Waals surface area contributed by atoms with Gasteiger partial charge in [-0.1, -0.05) is 12.8 Å². The molecule has 1 fully saturated rings. The SMILES string of the molecule is CCOC(=O)CCC(=O)NC(=S)Nc1ccc(C(=O)N2CCCCCC2)cc1. The van der Waals surface area contributed by atoms with E-state index >= 15 is 0 Å². The molecule has 0 radical (unpaired) electrons. The molecule has 0 saturated carbocycles. The van der Waals surface area contributed by atoms with Gasteiger partial charge in [0.05, 0.1) is 13.0 Å². The number of carbonyl (C=O) groups is 3. The van der Waals surface area contributed by atoms with Crippen molar-refractivity contribution in [3.05, 3.63) is 29.8 Å². The molecular formula is C20H27N3O4S. The third kappa shape index (κ3) is 7.26. The summed E-state index contributed by atoms with van der Waals surface area (Å²) in [4.78, 5) is 37.6. The average Bonchev–Trinajstić information content (AvgIpc) is 2.96. The highest BCUT2D eigenvalue weighted by molar-refractivity contribution is 7.80. The van der Waals surface area contributed by atoms with E-state index < -0.39 is 5.97 Å². The summed E-state index contributed by atoms with van der Waals surface area (Å²) in [5, 5.41) is 5.56. The van der Waals surface area contributed by atoms with Crippen molar-refractivity contribution in [3.8, 4) is 0 Å². The van der Waals surface area contributed by atoms with E-state index in [1.165, 1.54) is 12.8 Å². The number of hydrogen-bond acceptors (Lipinski definition) is 5. The van der Waals surface area contributed by atoms with Crippen LogP contribution in [0.2, 0.25) is 0 Å². The fourth-order valence-electron chi connectivity index (χ4n) is 2.95. The second-order valence-corrected chi connectivity index (χ2v) is 7.00. The van der Waals surface area contributed by atoms with E-state index in [2.05, 4.69) is 10.6 Å². The number of nitrogens with one attached hydrogen (secondary N) is 2. The van der Waals surface area contributed by atoms with Crippen LogP contribution in [0.5, 0.6) is 0 Å². The van der Waals surface area contributed by atoms with Gasteiger partial charge in [0, 0.05) is 30.8 Å². The van der Waals surface area contributed by atoms with Crippen LogP contribution >= 0.6 is 12.2 Å². The molecule has 1 aromatic carbocycles. The van der Waals surface area contributed by atoms with Crippen LogP contribution in [0.3, 0.4) is 0 Å². The van der Waals surface area contributed by atoms with E-state index in [1.54, 1.807) is 31.2 Å². The van der Waals surface area contributed by atoms with Gasteiger partial charge in [-0.05, 0) is 56.2 Å². The Morgan fingerprint density at radius 1 is 1.04 bits per heavy atom. The first-order valence-corrected chi connectivity index (χ1v) is 10.1. The van der Waals surface area contributed by atoms with Crippen LogP contribution in [0.4, 0.5) is 5.69 Å². The zero-order valence-electron chi connectivity index (χ0n) is 16.2. The minimum atomic E-state index is -0.416. The second-order valence-electron chi connectivity index (χ2n) is 6.59. The Bertz CT molecular complexity index is 698. The summed E-state index contributed by atoms with van der Waals surface area (Å²) in [6, 6.07) is 7.01. The molecule has 152 valence electrons. The van der Waals surface area contributed by atoms with Gasteiger partial charge in [-0.2, -0.15) is 0 Å². The minimum Gasteiger partial charge on any atom is -0.466 e.